The molecule has 3 aromatic heterocycles. The molecule has 3 heterocycles. The van der Waals surface area contributed by atoms with Crippen LogP contribution in [0, 0.1) is 0 Å². The number of thiazole rings is 2. The molecule has 0 atom stereocenters. The van der Waals surface area contributed by atoms with Gasteiger partial charge in [0.25, 0.3) is 5.91 Å². The van der Waals surface area contributed by atoms with Gasteiger partial charge in [0, 0.05) is 10.8 Å². The molecule has 0 aliphatic rings. The minimum absolute atomic E-state index is 0.0829. The highest BCUT2D eigenvalue weighted by atomic mass is 32.1. The van der Waals surface area contributed by atoms with E-state index in [0.29, 0.717) is 28.2 Å². The van der Waals surface area contributed by atoms with Gasteiger partial charge in [0.05, 0.1) is 25.0 Å². The fraction of sp³-hybridized carbons (Fsp3) is 0.200. The highest BCUT2D eigenvalue weighted by molar-refractivity contribution is 7.14. The quantitative estimate of drug-likeness (QED) is 0.676. The van der Waals surface area contributed by atoms with Gasteiger partial charge in [-0.25, -0.2) is 9.97 Å². The predicted molar refractivity (Wildman–Crippen MR) is 90.2 cm³/mol. The molecule has 0 aromatic carbocycles. The molecular formula is C15H13N3O4S2. The molecule has 7 nitrogen and oxygen atoms in total. The lowest BCUT2D eigenvalue weighted by molar-refractivity contribution is -0.142. The highest BCUT2D eigenvalue weighted by Crippen LogP contribution is 2.24. The molecule has 1 amide bonds. The number of rotatable bonds is 6. The van der Waals surface area contributed by atoms with Gasteiger partial charge in [-0.2, -0.15) is 0 Å². The molecule has 0 aliphatic carbocycles. The summed E-state index contributed by atoms with van der Waals surface area (Å²) in [5, 5.41) is 7.08. The summed E-state index contributed by atoms with van der Waals surface area (Å²) in [4.78, 5) is 32.1. The molecule has 3 rings (SSSR count). The maximum atomic E-state index is 12.2. The Morgan fingerprint density at radius 1 is 1.29 bits per heavy atom. The van der Waals surface area contributed by atoms with Crippen LogP contribution in [0.2, 0.25) is 0 Å². The number of nitrogens with zero attached hydrogens (tertiary/aromatic N) is 2. The number of furan rings is 1. The first-order chi connectivity index (χ1) is 11.7. The molecular weight excluding hydrogens is 350 g/mol. The van der Waals surface area contributed by atoms with E-state index in [0.717, 1.165) is 0 Å². The van der Waals surface area contributed by atoms with Gasteiger partial charge in [-0.1, -0.05) is 0 Å². The van der Waals surface area contributed by atoms with Gasteiger partial charge in [0.15, 0.2) is 15.9 Å². The van der Waals surface area contributed by atoms with Gasteiger partial charge in [-0.3, -0.25) is 14.9 Å². The maximum Gasteiger partial charge on any atom is 0.311 e. The SMILES string of the molecule is CCOC(=O)Cc1csc(NC(=O)c2csc(-c3ccco3)n2)n1. The van der Waals surface area contributed by atoms with E-state index < -0.39 is 0 Å². The summed E-state index contributed by atoms with van der Waals surface area (Å²) in [5.41, 5.74) is 0.844. The second kappa shape index (κ2) is 7.37. The number of aromatic nitrogens is 2. The predicted octanol–water partition coefficient (Wildman–Crippen LogP) is 3.22. The number of anilines is 1. The van der Waals surface area contributed by atoms with Crippen molar-refractivity contribution in [2.75, 3.05) is 11.9 Å². The Labute approximate surface area is 145 Å². The first-order valence-corrected chi connectivity index (χ1v) is 8.82. The van der Waals surface area contributed by atoms with Crippen LogP contribution in [0.25, 0.3) is 10.8 Å². The molecule has 0 aliphatic heterocycles. The van der Waals surface area contributed by atoms with Crippen molar-refractivity contribution in [2.24, 2.45) is 0 Å². The van der Waals surface area contributed by atoms with Crippen LogP contribution >= 0.6 is 22.7 Å². The Balaban J connectivity index is 1.63. The Morgan fingerprint density at radius 2 is 2.17 bits per heavy atom. The van der Waals surface area contributed by atoms with E-state index in [4.69, 9.17) is 9.15 Å². The number of carbonyl (C=O) groups is 2. The number of ether oxygens (including phenoxy) is 1. The third-order valence-electron chi connectivity index (χ3n) is 2.87. The van der Waals surface area contributed by atoms with Crippen LogP contribution in [-0.4, -0.2) is 28.5 Å². The molecule has 3 aromatic rings. The average Bonchev–Trinajstić information content (AvgIpc) is 3.28. The van der Waals surface area contributed by atoms with Gasteiger partial charge < -0.3 is 9.15 Å². The van der Waals surface area contributed by atoms with Crippen LogP contribution in [-0.2, 0) is 16.0 Å². The number of esters is 1. The van der Waals surface area contributed by atoms with Gasteiger partial charge in [0.1, 0.15) is 5.69 Å². The number of amides is 1. The molecule has 0 saturated carbocycles. The summed E-state index contributed by atoms with van der Waals surface area (Å²) in [6.45, 7) is 2.07. The summed E-state index contributed by atoms with van der Waals surface area (Å²) in [6.07, 6.45) is 1.64. The standard InChI is InChI=1S/C15H13N3O4S2/c1-2-21-12(19)6-9-7-24-15(16-9)18-13(20)10-8-23-14(17-10)11-4-3-5-22-11/h3-5,7-8H,2,6H2,1H3,(H,16,18,20). The van der Waals surface area contributed by atoms with E-state index in [9.17, 15) is 9.59 Å². The lowest BCUT2D eigenvalue weighted by Gasteiger charge is -1.99. The summed E-state index contributed by atoms with van der Waals surface area (Å²) < 4.78 is 10.1. The van der Waals surface area contributed by atoms with Crippen LogP contribution in [0.15, 0.2) is 33.6 Å². The summed E-state index contributed by atoms with van der Waals surface area (Å²) in [7, 11) is 0. The van der Waals surface area contributed by atoms with Gasteiger partial charge in [-0.15, -0.1) is 22.7 Å². The zero-order valence-electron chi connectivity index (χ0n) is 12.6. The van der Waals surface area contributed by atoms with E-state index in [-0.39, 0.29) is 24.0 Å². The first kappa shape index (κ1) is 16.3. The molecule has 9 heteroatoms. The van der Waals surface area contributed by atoms with Crippen molar-refractivity contribution in [1.29, 1.82) is 0 Å². The Kier molecular flexibility index (Phi) is 5.02. The van der Waals surface area contributed by atoms with Crippen molar-refractivity contribution in [3.63, 3.8) is 0 Å². The smallest absolute Gasteiger partial charge is 0.311 e. The fourth-order valence-corrected chi connectivity index (χ4v) is 3.33. The topological polar surface area (TPSA) is 94.3 Å². The van der Waals surface area contributed by atoms with E-state index >= 15 is 0 Å². The molecule has 0 radical (unpaired) electrons. The van der Waals surface area contributed by atoms with Crippen molar-refractivity contribution in [1.82, 2.24) is 9.97 Å². The second-order valence-electron chi connectivity index (χ2n) is 4.60. The van der Waals surface area contributed by atoms with Crippen molar-refractivity contribution in [3.05, 3.63) is 40.5 Å². The lowest BCUT2D eigenvalue weighted by Crippen LogP contribution is -2.12. The normalized spacial score (nSPS) is 10.5. The Morgan fingerprint density at radius 3 is 2.92 bits per heavy atom. The number of hydrogen-bond acceptors (Lipinski definition) is 8. The minimum Gasteiger partial charge on any atom is -0.466 e. The second-order valence-corrected chi connectivity index (χ2v) is 6.31. The van der Waals surface area contributed by atoms with Gasteiger partial charge in [-0.05, 0) is 19.1 Å². The Hall–Kier alpha value is -2.52. The number of nitrogens with one attached hydrogen (secondary N) is 1. The molecule has 1 N–H and O–H groups in total. The molecule has 0 fully saturated rings. The van der Waals surface area contributed by atoms with Crippen LogP contribution in [0.5, 0.6) is 0 Å². The first-order valence-electron chi connectivity index (χ1n) is 7.06. The average molecular weight is 363 g/mol. The fourth-order valence-electron chi connectivity index (χ4n) is 1.86. The van der Waals surface area contributed by atoms with Crippen LogP contribution in [0.4, 0.5) is 5.13 Å². The van der Waals surface area contributed by atoms with Crippen molar-refractivity contribution >= 4 is 39.7 Å². The van der Waals surface area contributed by atoms with Crippen LogP contribution in [0.1, 0.15) is 23.1 Å². The van der Waals surface area contributed by atoms with E-state index in [1.807, 2.05) is 0 Å². The zero-order valence-corrected chi connectivity index (χ0v) is 14.3. The van der Waals surface area contributed by atoms with Gasteiger partial charge in [0.2, 0.25) is 0 Å². The van der Waals surface area contributed by atoms with E-state index in [1.54, 1.807) is 36.1 Å². The molecule has 0 saturated heterocycles. The molecule has 124 valence electrons. The minimum atomic E-state index is -0.360. The van der Waals surface area contributed by atoms with Gasteiger partial charge >= 0.3 is 5.97 Å². The molecule has 0 bridgehead atoms. The van der Waals surface area contributed by atoms with Crippen LogP contribution in [0.3, 0.4) is 0 Å². The van der Waals surface area contributed by atoms with E-state index in [1.165, 1.54) is 22.7 Å². The van der Waals surface area contributed by atoms with Crippen molar-refractivity contribution < 1.29 is 18.7 Å². The summed E-state index contributed by atoms with van der Waals surface area (Å²) in [5.74, 6) is -0.0885. The summed E-state index contributed by atoms with van der Waals surface area (Å²) >= 11 is 2.56. The lowest BCUT2D eigenvalue weighted by atomic mass is 10.3. The largest absolute Gasteiger partial charge is 0.466 e. The molecule has 0 unspecified atom stereocenters. The third-order valence-corrected chi connectivity index (χ3v) is 4.54. The monoisotopic (exact) mass is 363 g/mol. The van der Waals surface area contributed by atoms with Crippen molar-refractivity contribution in [3.8, 4) is 10.8 Å². The molecule has 0 spiro atoms. The van der Waals surface area contributed by atoms with E-state index in [2.05, 4.69) is 15.3 Å². The number of carbonyl (C=O) groups excluding carboxylic acids is 2. The number of hydrogen-bond donors (Lipinski definition) is 1. The maximum absolute atomic E-state index is 12.2. The Bertz CT molecular complexity index is 839. The van der Waals surface area contributed by atoms with Crippen LogP contribution < -0.4 is 5.32 Å². The third kappa shape index (κ3) is 3.87. The zero-order chi connectivity index (χ0) is 16.9. The van der Waals surface area contributed by atoms with Crippen molar-refractivity contribution in [2.45, 2.75) is 13.3 Å². The molecule has 24 heavy (non-hydrogen) atoms. The summed E-state index contributed by atoms with van der Waals surface area (Å²) in [6, 6.07) is 3.54. The highest BCUT2D eigenvalue weighted by Gasteiger charge is 2.15.